The highest BCUT2D eigenvalue weighted by molar-refractivity contribution is 6.05. The third-order valence-electron chi connectivity index (χ3n) is 3.14. The molecule has 0 atom stereocenters. The van der Waals surface area contributed by atoms with E-state index in [1.54, 1.807) is 12.1 Å². The van der Waals surface area contributed by atoms with Crippen LogP contribution in [0.4, 0.5) is 5.69 Å². The second kappa shape index (κ2) is 5.04. The summed E-state index contributed by atoms with van der Waals surface area (Å²) in [6.07, 6.45) is 2.79. The number of benzene rings is 1. The Morgan fingerprint density at radius 3 is 2.67 bits per heavy atom. The van der Waals surface area contributed by atoms with E-state index in [0.717, 1.165) is 30.4 Å². The molecule has 18 heavy (non-hydrogen) atoms. The van der Waals surface area contributed by atoms with Gasteiger partial charge in [0.1, 0.15) is 0 Å². The molecule has 1 aliphatic rings. The maximum atomic E-state index is 12.0. The molecular weight excluding hydrogens is 230 g/mol. The predicted octanol–water partition coefficient (Wildman–Crippen LogP) is 2.82. The molecule has 0 spiro atoms. The number of carbonyl (C=O) groups excluding carboxylic acids is 1. The highest BCUT2D eigenvalue weighted by Gasteiger charge is 2.18. The summed E-state index contributed by atoms with van der Waals surface area (Å²) in [5, 5.41) is 11.6. The average Bonchev–Trinajstić information content (AvgIpc) is 2.76. The van der Waals surface area contributed by atoms with Crippen molar-refractivity contribution in [3.63, 3.8) is 0 Å². The van der Waals surface area contributed by atoms with E-state index in [-0.39, 0.29) is 11.5 Å². The zero-order valence-electron chi connectivity index (χ0n) is 10.2. The van der Waals surface area contributed by atoms with Gasteiger partial charge in [-0.2, -0.15) is 0 Å². The van der Waals surface area contributed by atoms with Crippen LogP contribution in [0.2, 0.25) is 0 Å². The van der Waals surface area contributed by atoms with E-state index in [1.165, 1.54) is 12.1 Å². The molecule has 2 N–H and O–H groups in total. The van der Waals surface area contributed by atoms with Crippen LogP contribution in [0.25, 0.3) is 0 Å². The minimum atomic E-state index is -0.998. The summed E-state index contributed by atoms with van der Waals surface area (Å²) in [6.45, 7) is 1.97. The lowest BCUT2D eigenvalue weighted by Gasteiger charge is -2.07. The zero-order valence-corrected chi connectivity index (χ0v) is 10.2. The first-order chi connectivity index (χ1) is 8.58. The van der Waals surface area contributed by atoms with Crippen LogP contribution in [-0.4, -0.2) is 17.0 Å². The fraction of sp³-hybridized carbons (Fsp3) is 0.286. The molecule has 94 valence electrons. The van der Waals surface area contributed by atoms with Crippen LogP contribution in [0.1, 0.15) is 36.5 Å². The normalized spacial score (nSPS) is 14.7. The van der Waals surface area contributed by atoms with E-state index in [1.807, 2.05) is 6.92 Å². The van der Waals surface area contributed by atoms with Crippen molar-refractivity contribution < 1.29 is 14.7 Å². The SMILES string of the molecule is CC1=C(C(=O)Nc2cccc(C(=O)O)c2)CCC1. The van der Waals surface area contributed by atoms with Crippen molar-refractivity contribution in [3.05, 3.63) is 41.0 Å². The molecule has 1 aromatic carbocycles. The van der Waals surface area contributed by atoms with Crippen molar-refractivity contribution in [2.75, 3.05) is 5.32 Å². The summed E-state index contributed by atoms with van der Waals surface area (Å²) >= 11 is 0. The van der Waals surface area contributed by atoms with Crippen molar-refractivity contribution in [1.82, 2.24) is 0 Å². The number of carbonyl (C=O) groups is 2. The molecule has 4 heteroatoms. The molecule has 0 heterocycles. The molecule has 0 saturated carbocycles. The summed E-state index contributed by atoms with van der Waals surface area (Å²) in [5.74, 6) is -1.12. The first-order valence-corrected chi connectivity index (χ1v) is 5.91. The Labute approximate surface area is 105 Å². The van der Waals surface area contributed by atoms with Gasteiger partial charge >= 0.3 is 5.97 Å². The number of amides is 1. The Morgan fingerprint density at radius 1 is 1.28 bits per heavy atom. The monoisotopic (exact) mass is 245 g/mol. The van der Waals surface area contributed by atoms with Gasteiger partial charge in [0.2, 0.25) is 0 Å². The number of nitrogens with one attached hydrogen (secondary N) is 1. The molecule has 0 aromatic heterocycles. The molecule has 0 bridgehead atoms. The van der Waals surface area contributed by atoms with E-state index in [0.29, 0.717) is 5.69 Å². The fourth-order valence-electron chi connectivity index (χ4n) is 2.14. The molecule has 1 amide bonds. The van der Waals surface area contributed by atoms with Crippen LogP contribution in [0.3, 0.4) is 0 Å². The number of rotatable bonds is 3. The number of carboxylic acids is 1. The third kappa shape index (κ3) is 2.59. The number of allylic oxidation sites excluding steroid dienone is 1. The van der Waals surface area contributed by atoms with Gasteiger partial charge in [-0.1, -0.05) is 11.6 Å². The van der Waals surface area contributed by atoms with E-state index >= 15 is 0 Å². The molecule has 0 fully saturated rings. The highest BCUT2D eigenvalue weighted by Crippen LogP contribution is 2.26. The molecule has 0 aliphatic heterocycles. The van der Waals surface area contributed by atoms with Gasteiger partial charge < -0.3 is 10.4 Å². The molecule has 0 radical (unpaired) electrons. The van der Waals surface area contributed by atoms with Crippen molar-refractivity contribution in [3.8, 4) is 0 Å². The smallest absolute Gasteiger partial charge is 0.335 e. The van der Waals surface area contributed by atoms with Crippen LogP contribution < -0.4 is 5.32 Å². The Balaban J connectivity index is 2.14. The Kier molecular flexibility index (Phi) is 3.46. The third-order valence-corrected chi connectivity index (χ3v) is 3.14. The van der Waals surface area contributed by atoms with Crippen LogP contribution >= 0.6 is 0 Å². The van der Waals surface area contributed by atoms with Gasteiger partial charge in [-0.25, -0.2) is 4.79 Å². The van der Waals surface area contributed by atoms with E-state index < -0.39 is 5.97 Å². The van der Waals surface area contributed by atoms with E-state index in [9.17, 15) is 9.59 Å². The van der Waals surface area contributed by atoms with Crippen molar-refractivity contribution in [1.29, 1.82) is 0 Å². The summed E-state index contributed by atoms with van der Waals surface area (Å²) in [7, 11) is 0. The predicted molar refractivity (Wildman–Crippen MR) is 68.6 cm³/mol. The fourth-order valence-corrected chi connectivity index (χ4v) is 2.14. The minimum Gasteiger partial charge on any atom is -0.478 e. The van der Waals surface area contributed by atoms with Gasteiger partial charge in [0.25, 0.3) is 5.91 Å². The standard InChI is InChI=1S/C14H15NO3/c1-9-4-2-7-12(9)13(16)15-11-6-3-5-10(8-11)14(17)18/h3,5-6,8H,2,4,7H2,1H3,(H,15,16)(H,17,18). The van der Waals surface area contributed by atoms with Gasteiger partial charge in [0.15, 0.2) is 0 Å². The number of anilines is 1. The summed E-state index contributed by atoms with van der Waals surface area (Å²) < 4.78 is 0. The van der Waals surface area contributed by atoms with Gasteiger partial charge in [0, 0.05) is 11.3 Å². The zero-order chi connectivity index (χ0) is 13.1. The summed E-state index contributed by atoms with van der Waals surface area (Å²) in [5.41, 5.74) is 2.65. The van der Waals surface area contributed by atoms with Crippen molar-refractivity contribution >= 4 is 17.6 Å². The lowest BCUT2D eigenvalue weighted by molar-refractivity contribution is -0.113. The van der Waals surface area contributed by atoms with Gasteiger partial charge in [-0.05, 0) is 44.4 Å². The molecule has 0 unspecified atom stereocenters. The second-order valence-corrected chi connectivity index (χ2v) is 4.45. The molecule has 1 aliphatic carbocycles. The van der Waals surface area contributed by atoms with Crippen molar-refractivity contribution in [2.45, 2.75) is 26.2 Å². The number of hydrogen-bond donors (Lipinski definition) is 2. The molecular formula is C14H15NO3. The maximum absolute atomic E-state index is 12.0. The molecule has 4 nitrogen and oxygen atoms in total. The highest BCUT2D eigenvalue weighted by atomic mass is 16.4. The van der Waals surface area contributed by atoms with Crippen molar-refractivity contribution in [2.24, 2.45) is 0 Å². The quantitative estimate of drug-likeness (QED) is 0.860. The van der Waals surface area contributed by atoms with Crippen LogP contribution in [-0.2, 0) is 4.79 Å². The van der Waals surface area contributed by atoms with Gasteiger partial charge in [-0.15, -0.1) is 0 Å². The minimum absolute atomic E-state index is 0.118. The van der Waals surface area contributed by atoms with E-state index in [2.05, 4.69) is 5.32 Å². The van der Waals surface area contributed by atoms with Crippen LogP contribution in [0.5, 0.6) is 0 Å². The van der Waals surface area contributed by atoms with Gasteiger partial charge in [-0.3, -0.25) is 4.79 Å². The van der Waals surface area contributed by atoms with Crippen LogP contribution in [0.15, 0.2) is 35.4 Å². The maximum Gasteiger partial charge on any atom is 0.335 e. The van der Waals surface area contributed by atoms with E-state index in [4.69, 9.17) is 5.11 Å². The Hall–Kier alpha value is -2.10. The number of aromatic carboxylic acids is 1. The van der Waals surface area contributed by atoms with Crippen LogP contribution in [0, 0.1) is 0 Å². The lowest BCUT2D eigenvalue weighted by Crippen LogP contribution is -2.14. The lowest BCUT2D eigenvalue weighted by atomic mass is 10.1. The topological polar surface area (TPSA) is 66.4 Å². The number of hydrogen-bond acceptors (Lipinski definition) is 2. The first-order valence-electron chi connectivity index (χ1n) is 5.91. The van der Waals surface area contributed by atoms with Gasteiger partial charge in [0.05, 0.1) is 5.56 Å². The molecule has 1 aromatic rings. The largest absolute Gasteiger partial charge is 0.478 e. The summed E-state index contributed by atoms with van der Waals surface area (Å²) in [6, 6.07) is 6.27. The molecule has 2 rings (SSSR count). The first kappa shape index (κ1) is 12.4. The Bertz CT molecular complexity index is 532. The Morgan fingerprint density at radius 2 is 2.06 bits per heavy atom. The molecule has 0 saturated heterocycles. The average molecular weight is 245 g/mol. The summed E-state index contributed by atoms with van der Waals surface area (Å²) in [4.78, 5) is 22.8. The number of carboxylic acid groups (broad SMARTS) is 1. The second-order valence-electron chi connectivity index (χ2n) is 4.45.